The standard InChI is InChI=1S/C48H40S2/c1-30-37-15-9-10-16-39(37)47(44-28-35(49(2)3)21-23-38(30)44)48-41-18-12-11-17-40(41)46(42-24-22-36(50(4)5)29-45(42)48)43(25-31-13-7-6-8-14-31)33-20-19-32-26-34(32)27-33/h6-25,27-29,32,34H,2,4,26H2,1,3,5H3/b43-25-. The average molecular weight is 681 g/mol. The molecule has 0 aromatic heterocycles. The summed E-state index contributed by atoms with van der Waals surface area (Å²) in [4.78, 5) is 2.56. The van der Waals surface area contributed by atoms with Crippen LogP contribution in [0.15, 0.2) is 149 Å². The molecule has 0 heterocycles. The molecular formula is C48H40S2. The first kappa shape index (κ1) is 31.2. The van der Waals surface area contributed by atoms with Gasteiger partial charge in [-0.1, -0.05) is 121 Å². The molecular weight excluding hydrogens is 641 g/mol. The predicted octanol–water partition coefficient (Wildman–Crippen LogP) is 13.3. The van der Waals surface area contributed by atoms with Crippen molar-refractivity contribution < 1.29 is 0 Å². The van der Waals surface area contributed by atoms with Crippen LogP contribution < -0.4 is 0 Å². The molecule has 4 unspecified atom stereocenters. The van der Waals surface area contributed by atoms with Crippen LogP contribution in [-0.4, -0.2) is 24.3 Å². The highest BCUT2D eigenvalue weighted by Crippen LogP contribution is 2.52. The Hall–Kier alpha value is -4.76. The molecule has 2 heteroatoms. The van der Waals surface area contributed by atoms with Gasteiger partial charge in [0.2, 0.25) is 0 Å². The molecule has 9 rings (SSSR count). The molecule has 0 amide bonds. The number of aryl methyl sites for hydroxylation is 1. The van der Waals surface area contributed by atoms with Gasteiger partial charge in [0, 0.05) is 9.79 Å². The first-order valence-electron chi connectivity index (χ1n) is 17.4. The second-order valence-corrected chi connectivity index (χ2v) is 17.5. The van der Waals surface area contributed by atoms with E-state index in [1.165, 1.54) is 98.3 Å². The van der Waals surface area contributed by atoms with Crippen molar-refractivity contribution in [2.24, 2.45) is 11.8 Å². The van der Waals surface area contributed by atoms with Crippen LogP contribution >= 0.6 is 21.0 Å². The van der Waals surface area contributed by atoms with Gasteiger partial charge in [-0.3, -0.25) is 0 Å². The minimum absolute atomic E-state index is 0.113. The zero-order valence-electron chi connectivity index (χ0n) is 28.9. The Morgan fingerprint density at radius 2 is 1.12 bits per heavy atom. The van der Waals surface area contributed by atoms with Crippen LogP contribution in [0.1, 0.15) is 23.1 Å². The lowest BCUT2D eigenvalue weighted by molar-refractivity contribution is 0.973. The number of fused-ring (bicyclic) bond motifs is 5. The largest absolute Gasteiger partial charge is 0.165 e. The van der Waals surface area contributed by atoms with Crippen LogP contribution in [0.3, 0.4) is 0 Å². The maximum absolute atomic E-state index is 4.51. The number of rotatable bonds is 6. The first-order valence-corrected chi connectivity index (χ1v) is 21.0. The topological polar surface area (TPSA) is 0 Å². The Balaban J connectivity index is 1.49. The van der Waals surface area contributed by atoms with Crippen LogP contribution in [0.4, 0.5) is 0 Å². The van der Waals surface area contributed by atoms with Crippen molar-refractivity contribution in [3.8, 4) is 11.1 Å². The van der Waals surface area contributed by atoms with Gasteiger partial charge in [0.25, 0.3) is 0 Å². The molecule has 2 aliphatic carbocycles. The summed E-state index contributed by atoms with van der Waals surface area (Å²) in [5.41, 5.74) is 9.07. The Kier molecular flexibility index (Phi) is 7.64. The van der Waals surface area contributed by atoms with Gasteiger partial charge in [-0.05, 0) is 150 Å². The van der Waals surface area contributed by atoms with Crippen LogP contribution in [0.25, 0.3) is 65.9 Å². The number of benzene rings is 7. The van der Waals surface area contributed by atoms with Crippen molar-refractivity contribution in [2.45, 2.75) is 23.1 Å². The Morgan fingerprint density at radius 3 is 1.76 bits per heavy atom. The van der Waals surface area contributed by atoms with E-state index < -0.39 is 0 Å². The lowest BCUT2D eigenvalue weighted by atomic mass is 9.80. The van der Waals surface area contributed by atoms with Gasteiger partial charge >= 0.3 is 0 Å². The fourth-order valence-electron chi connectivity index (χ4n) is 8.15. The van der Waals surface area contributed by atoms with Crippen molar-refractivity contribution in [2.75, 3.05) is 12.5 Å². The van der Waals surface area contributed by atoms with Gasteiger partial charge in [-0.15, -0.1) is 0 Å². The highest BCUT2D eigenvalue weighted by Gasteiger charge is 2.36. The summed E-state index contributed by atoms with van der Waals surface area (Å²) in [5, 5.41) is 10.3. The molecule has 0 radical (unpaired) electrons. The molecule has 4 atom stereocenters. The highest BCUT2D eigenvalue weighted by atomic mass is 32.2. The van der Waals surface area contributed by atoms with Crippen LogP contribution in [0, 0.1) is 18.8 Å². The van der Waals surface area contributed by atoms with E-state index in [4.69, 9.17) is 0 Å². The third-order valence-electron chi connectivity index (χ3n) is 10.8. The maximum atomic E-state index is 4.51. The summed E-state index contributed by atoms with van der Waals surface area (Å²) in [7, 11) is -0.261. The Labute approximate surface area is 300 Å². The molecule has 2 aliphatic rings. The summed E-state index contributed by atoms with van der Waals surface area (Å²) in [6, 6.07) is 43.2. The molecule has 0 aliphatic heterocycles. The average Bonchev–Trinajstić information content (AvgIpc) is 3.93. The fourth-order valence-corrected chi connectivity index (χ4v) is 9.39. The normalized spacial score (nSPS) is 18.4. The van der Waals surface area contributed by atoms with E-state index in [0.29, 0.717) is 11.8 Å². The van der Waals surface area contributed by atoms with Crippen molar-refractivity contribution in [3.63, 3.8) is 0 Å². The SMILES string of the molecule is C=S(C)c1ccc2c(C)c3ccccc3c(-c3c4ccccc4c(/C(=C\c4ccccc4)C4=CC5CC5C=C4)c4ccc(S(=C)C)cc34)c2c1. The predicted molar refractivity (Wildman–Crippen MR) is 228 cm³/mol. The quantitative estimate of drug-likeness (QED) is 0.0932. The highest BCUT2D eigenvalue weighted by molar-refractivity contribution is 8.13. The van der Waals surface area contributed by atoms with Crippen molar-refractivity contribution in [1.82, 2.24) is 0 Å². The van der Waals surface area contributed by atoms with E-state index in [1.807, 2.05) is 0 Å². The lowest BCUT2D eigenvalue weighted by Gasteiger charge is -2.24. The zero-order valence-corrected chi connectivity index (χ0v) is 30.5. The van der Waals surface area contributed by atoms with Crippen molar-refractivity contribution >= 4 is 87.4 Å². The molecule has 1 fully saturated rings. The number of allylic oxidation sites excluding steroid dienone is 5. The van der Waals surface area contributed by atoms with E-state index in [2.05, 4.69) is 171 Å². The Morgan fingerprint density at radius 1 is 0.600 bits per heavy atom. The van der Waals surface area contributed by atoms with Crippen LogP contribution in [-0.2, 0) is 0 Å². The van der Waals surface area contributed by atoms with Gasteiger partial charge in [-0.25, -0.2) is 0 Å². The zero-order chi connectivity index (χ0) is 34.1. The van der Waals surface area contributed by atoms with Crippen molar-refractivity contribution in [1.29, 1.82) is 0 Å². The third-order valence-corrected chi connectivity index (χ3v) is 12.9. The van der Waals surface area contributed by atoms with E-state index in [9.17, 15) is 0 Å². The smallest absolute Gasteiger partial charge is 0.00152 e. The lowest BCUT2D eigenvalue weighted by Crippen LogP contribution is -1.99. The molecule has 0 spiro atoms. The van der Waals surface area contributed by atoms with E-state index in [-0.39, 0.29) is 21.0 Å². The van der Waals surface area contributed by atoms with E-state index >= 15 is 0 Å². The molecule has 7 aromatic rings. The van der Waals surface area contributed by atoms with Crippen LogP contribution in [0.2, 0.25) is 0 Å². The van der Waals surface area contributed by atoms with Gasteiger partial charge in [0.1, 0.15) is 0 Å². The molecule has 7 aromatic carbocycles. The van der Waals surface area contributed by atoms with Gasteiger partial charge in [0.15, 0.2) is 0 Å². The molecule has 1 saturated carbocycles. The molecule has 0 bridgehead atoms. The molecule has 0 N–H and O–H groups in total. The molecule has 0 nitrogen and oxygen atoms in total. The summed E-state index contributed by atoms with van der Waals surface area (Å²) < 4.78 is 0. The molecule has 50 heavy (non-hydrogen) atoms. The summed E-state index contributed by atoms with van der Waals surface area (Å²) >= 11 is 0. The maximum Gasteiger partial charge on any atom is 0.00152 e. The van der Waals surface area contributed by atoms with E-state index in [1.54, 1.807) is 0 Å². The fraction of sp³-hybridized carbons (Fsp3) is 0.125. The summed E-state index contributed by atoms with van der Waals surface area (Å²) in [6.07, 6.45) is 15.5. The van der Waals surface area contributed by atoms with Gasteiger partial charge in [0.05, 0.1) is 0 Å². The number of hydrogen-bond acceptors (Lipinski definition) is 0. The minimum atomic E-state index is -0.148. The minimum Gasteiger partial charge on any atom is -0.165 e. The van der Waals surface area contributed by atoms with Crippen LogP contribution in [0.5, 0.6) is 0 Å². The van der Waals surface area contributed by atoms with Gasteiger partial charge in [-0.2, -0.15) is 21.0 Å². The monoisotopic (exact) mass is 680 g/mol. The third kappa shape index (κ3) is 5.16. The molecule has 0 saturated heterocycles. The summed E-state index contributed by atoms with van der Waals surface area (Å²) in [6.45, 7) is 2.28. The van der Waals surface area contributed by atoms with Gasteiger partial charge < -0.3 is 0 Å². The van der Waals surface area contributed by atoms with Crippen molar-refractivity contribution in [3.05, 3.63) is 156 Å². The summed E-state index contributed by atoms with van der Waals surface area (Å²) in [5.74, 6) is 10.3. The second-order valence-electron chi connectivity index (χ2n) is 14.0. The molecule has 244 valence electrons. The second kappa shape index (κ2) is 12.2. The Bertz CT molecular complexity index is 2690. The van der Waals surface area contributed by atoms with E-state index in [0.717, 1.165) is 0 Å². The first-order chi connectivity index (χ1) is 24.4. The number of hydrogen-bond donors (Lipinski definition) is 0.